The molecule has 0 aliphatic heterocycles. The third-order valence-electron chi connectivity index (χ3n) is 7.77. The Labute approximate surface area is 384 Å². The van der Waals surface area contributed by atoms with Crippen molar-refractivity contribution < 1.29 is 86.5 Å². The predicted octanol–water partition coefficient (Wildman–Crippen LogP) is 4.92. The molecule has 0 aliphatic carbocycles. The van der Waals surface area contributed by atoms with Crippen molar-refractivity contribution in [2.45, 2.75) is 130 Å². The fourth-order valence-electron chi connectivity index (χ4n) is 5.35. The summed E-state index contributed by atoms with van der Waals surface area (Å²) in [5.74, 6) is -7.77. The van der Waals surface area contributed by atoms with E-state index in [0.717, 1.165) is 12.1 Å². The summed E-state index contributed by atoms with van der Waals surface area (Å²) in [7, 11) is 0. The van der Waals surface area contributed by atoms with Crippen LogP contribution in [0.15, 0.2) is 36.4 Å². The highest BCUT2D eigenvalue weighted by Gasteiger charge is 2.33. The molecule has 0 radical (unpaired) electrons. The summed E-state index contributed by atoms with van der Waals surface area (Å²) in [6.07, 6.45) is -1.09. The maximum atomic E-state index is 13.3. The smallest absolute Gasteiger partial charge is 0.335 e. The Morgan fingerprint density at radius 2 is 0.727 bits per heavy atom. The van der Waals surface area contributed by atoms with E-state index >= 15 is 0 Å². The van der Waals surface area contributed by atoms with Crippen LogP contribution in [-0.2, 0) is 47.6 Å². The zero-order valence-corrected chi connectivity index (χ0v) is 39.7. The molecule has 20 nitrogen and oxygen atoms in total. The summed E-state index contributed by atoms with van der Waals surface area (Å²) in [4.78, 5) is 102. The van der Waals surface area contributed by atoms with Gasteiger partial charge in [0, 0.05) is 11.1 Å². The van der Waals surface area contributed by atoms with Crippen molar-refractivity contribution in [3.63, 3.8) is 0 Å². The van der Waals surface area contributed by atoms with Crippen molar-refractivity contribution in [2.24, 2.45) is 0 Å². The van der Waals surface area contributed by atoms with E-state index < -0.39 is 95.0 Å². The molecule has 2 aromatic carbocycles. The van der Waals surface area contributed by atoms with E-state index in [1.54, 1.807) is 83.1 Å². The number of carbonyl (C=O) groups excluding carboxylic acids is 6. The standard InChI is InChI=1S/C46H64N2O18/c1-43(2,3)63-35(49)25-33(41(57)65-45(7,8)9)47-37(51)27-19-29(39(53)54)23-31(21-27)61-17-15-59-13-14-60-16-18-62-32-22-28(20-30(24-32)40(55)56)38(52)48-34(42(58)66-46(10,11)12)26-36(50)64-44(4,5)6/h19-24,33-34H,13-18,25-26H2,1-12H3,(H,47,51)(H,48,52)(H,53,54)(H,55,56). The van der Waals surface area contributed by atoms with E-state index in [1.165, 1.54) is 24.3 Å². The second kappa shape index (κ2) is 24.3. The van der Waals surface area contributed by atoms with Gasteiger partial charge in [-0.3, -0.25) is 19.2 Å². The number of carboxylic acid groups (broad SMARTS) is 2. The number of carboxylic acids is 2. The maximum absolute atomic E-state index is 13.3. The van der Waals surface area contributed by atoms with Gasteiger partial charge < -0.3 is 58.7 Å². The topological polar surface area (TPSA) is 275 Å². The molecule has 2 aromatic rings. The van der Waals surface area contributed by atoms with Gasteiger partial charge in [-0.15, -0.1) is 0 Å². The zero-order chi connectivity index (χ0) is 50.2. The second-order valence-electron chi connectivity index (χ2n) is 18.7. The molecule has 2 amide bonds. The van der Waals surface area contributed by atoms with Crippen LogP contribution >= 0.6 is 0 Å². The van der Waals surface area contributed by atoms with E-state index in [0.29, 0.717) is 0 Å². The quantitative estimate of drug-likeness (QED) is 0.0654. The largest absolute Gasteiger partial charge is 0.491 e. The number of carbonyl (C=O) groups is 8. The lowest BCUT2D eigenvalue weighted by molar-refractivity contribution is -0.164. The molecular formula is C46H64N2O18. The van der Waals surface area contributed by atoms with Gasteiger partial charge in [-0.2, -0.15) is 0 Å². The van der Waals surface area contributed by atoms with Gasteiger partial charge in [-0.1, -0.05) is 0 Å². The van der Waals surface area contributed by atoms with Crippen LogP contribution in [-0.4, -0.2) is 132 Å². The van der Waals surface area contributed by atoms with Gasteiger partial charge in [0.15, 0.2) is 0 Å². The van der Waals surface area contributed by atoms with Crippen LogP contribution in [0.4, 0.5) is 0 Å². The molecule has 0 bridgehead atoms. The minimum atomic E-state index is -1.45. The first-order valence-electron chi connectivity index (χ1n) is 21.0. The second-order valence-corrected chi connectivity index (χ2v) is 18.7. The number of esters is 4. The molecule has 0 aliphatic rings. The van der Waals surface area contributed by atoms with Gasteiger partial charge in [-0.25, -0.2) is 19.2 Å². The number of aromatic carboxylic acids is 2. The van der Waals surface area contributed by atoms with Crippen LogP contribution in [0.2, 0.25) is 0 Å². The highest BCUT2D eigenvalue weighted by molar-refractivity contribution is 6.01. The van der Waals surface area contributed by atoms with Gasteiger partial charge >= 0.3 is 35.8 Å². The van der Waals surface area contributed by atoms with Crippen LogP contribution in [0.3, 0.4) is 0 Å². The molecule has 0 heterocycles. The Bertz CT molecular complexity index is 1910. The predicted molar refractivity (Wildman–Crippen MR) is 235 cm³/mol. The first kappa shape index (κ1) is 55.9. The van der Waals surface area contributed by atoms with Crippen molar-refractivity contribution >= 4 is 47.6 Å². The van der Waals surface area contributed by atoms with Crippen molar-refractivity contribution in [2.75, 3.05) is 39.6 Å². The Balaban J connectivity index is 1.97. The van der Waals surface area contributed by atoms with E-state index in [2.05, 4.69) is 10.6 Å². The van der Waals surface area contributed by atoms with Gasteiger partial charge in [0.25, 0.3) is 11.8 Å². The van der Waals surface area contributed by atoms with Gasteiger partial charge in [0.1, 0.15) is 59.2 Å². The number of amides is 2. The highest BCUT2D eigenvalue weighted by atomic mass is 16.6. The third-order valence-corrected chi connectivity index (χ3v) is 7.77. The zero-order valence-electron chi connectivity index (χ0n) is 39.7. The van der Waals surface area contributed by atoms with E-state index in [-0.39, 0.29) is 73.4 Å². The average Bonchev–Trinajstić information content (AvgIpc) is 3.14. The van der Waals surface area contributed by atoms with Crippen LogP contribution < -0.4 is 20.1 Å². The third kappa shape index (κ3) is 22.6. The Morgan fingerprint density at radius 1 is 0.439 bits per heavy atom. The van der Waals surface area contributed by atoms with Crippen molar-refractivity contribution in [3.05, 3.63) is 58.7 Å². The van der Waals surface area contributed by atoms with Gasteiger partial charge in [0.05, 0.1) is 50.4 Å². The van der Waals surface area contributed by atoms with Gasteiger partial charge in [0.2, 0.25) is 0 Å². The maximum Gasteiger partial charge on any atom is 0.335 e. The molecule has 2 atom stereocenters. The average molecular weight is 933 g/mol. The minimum Gasteiger partial charge on any atom is -0.491 e. The molecule has 366 valence electrons. The summed E-state index contributed by atoms with van der Waals surface area (Å²) in [5, 5.41) is 24.3. The number of nitrogens with one attached hydrogen (secondary N) is 2. The number of benzene rings is 2. The molecule has 4 N–H and O–H groups in total. The number of hydrogen-bond acceptors (Lipinski definition) is 16. The number of hydrogen-bond donors (Lipinski definition) is 4. The molecule has 2 rings (SSSR count). The first-order valence-corrected chi connectivity index (χ1v) is 21.0. The lowest BCUT2D eigenvalue weighted by atomic mass is 10.1. The normalized spacial score (nSPS) is 12.7. The van der Waals surface area contributed by atoms with Crippen LogP contribution in [0, 0.1) is 0 Å². The molecule has 66 heavy (non-hydrogen) atoms. The summed E-state index contributed by atoms with van der Waals surface area (Å²) >= 11 is 0. The Morgan fingerprint density at radius 3 is 1.02 bits per heavy atom. The highest BCUT2D eigenvalue weighted by Crippen LogP contribution is 2.21. The Hall–Kier alpha value is -6.28. The fourth-order valence-corrected chi connectivity index (χ4v) is 5.35. The summed E-state index contributed by atoms with van der Waals surface area (Å²) < 4.78 is 43.7. The molecular weight excluding hydrogens is 869 g/mol. The monoisotopic (exact) mass is 932 g/mol. The Kier molecular flexibility index (Phi) is 20.6. The number of ether oxygens (including phenoxy) is 8. The molecule has 0 saturated heterocycles. The summed E-state index contributed by atoms with van der Waals surface area (Å²) in [6.45, 7) is 19.7. The van der Waals surface area contributed by atoms with Gasteiger partial charge in [-0.05, 0) is 119 Å². The van der Waals surface area contributed by atoms with E-state index in [1.807, 2.05) is 0 Å². The lowest BCUT2D eigenvalue weighted by Crippen LogP contribution is -2.46. The van der Waals surface area contributed by atoms with E-state index in [9.17, 15) is 48.6 Å². The summed E-state index contributed by atoms with van der Waals surface area (Å²) in [5.41, 5.74) is -4.53. The summed E-state index contributed by atoms with van der Waals surface area (Å²) in [6, 6.07) is 4.19. The van der Waals surface area contributed by atoms with Crippen LogP contribution in [0.25, 0.3) is 0 Å². The molecule has 0 spiro atoms. The van der Waals surface area contributed by atoms with E-state index in [4.69, 9.17) is 37.9 Å². The number of rotatable bonds is 23. The van der Waals surface area contributed by atoms with Crippen LogP contribution in [0.5, 0.6) is 11.5 Å². The molecule has 0 saturated carbocycles. The van der Waals surface area contributed by atoms with Crippen molar-refractivity contribution in [3.8, 4) is 11.5 Å². The lowest BCUT2D eigenvalue weighted by Gasteiger charge is -2.25. The van der Waals surface area contributed by atoms with Crippen LogP contribution in [0.1, 0.15) is 137 Å². The minimum absolute atomic E-state index is 0.00859. The fraction of sp³-hybridized carbons (Fsp3) is 0.565. The SMILES string of the molecule is CC(C)(C)OC(=O)CC(NC(=O)c1cc(OCCOCCOCCOc2cc(C(=O)O)cc(C(=O)NC(CC(=O)OC(C)(C)C)C(=O)OC(C)(C)C)c2)cc(C(=O)O)c1)C(=O)OC(C)(C)C. The molecule has 20 heteroatoms. The van der Waals surface area contributed by atoms with Crippen molar-refractivity contribution in [1.29, 1.82) is 0 Å². The molecule has 2 unspecified atom stereocenters. The molecule has 0 fully saturated rings. The van der Waals surface area contributed by atoms with Crippen molar-refractivity contribution in [1.82, 2.24) is 10.6 Å². The first-order chi connectivity index (χ1) is 30.3. The molecule has 0 aromatic heterocycles.